The van der Waals surface area contributed by atoms with Crippen molar-refractivity contribution in [1.29, 1.82) is 0 Å². The number of aromatic nitrogens is 4. The van der Waals surface area contributed by atoms with E-state index in [0.29, 0.717) is 11.7 Å². The van der Waals surface area contributed by atoms with Crippen LogP contribution in [0.4, 0.5) is 0 Å². The lowest BCUT2D eigenvalue weighted by molar-refractivity contribution is -0.129. The predicted octanol–water partition coefficient (Wildman–Crippen LogP) is 2.52. The van der Waals surface area contributed by atoms with Crippen molar-refractivity contribution in [3.8, 4) is 11.3 Å². The summed E-state index contributed by atoms with van der Waals surface area (Å²) >= 11 is 0. The summed E-state index contributed by atoms with van der Waals surface area (Å²) in [6, 6.07) is 6.08. The minimum absolute atomic E-state index is 0.165. The third-order valence-electron chi connectivity index (χ3n) is 4.73. The quantitative estimate of drug-likeness (QED) is 0.727. The van der Waals surface area contributed by atoms with Crippen molar-refractivity contribution in [1.82, 2.24) is 24.3 Å². The molecule has 0 N–H and O–H groups in total. The Morgan fingerprint density at radius 3 is 2.67 bits per heavy atom. The Bertz CT molecular complexity index is 863. The monoisotopic (exact) mass is 321 g/mol. The van der Waals surface area contributed by atoms with Crippen molar-refractivity contribution < 1.29 is 4.79 Å². The molecule has 0 spiro atoms. The minimum atomic E-state index is 0.165. The maximum atomic E-state index is 11.4. The average molecular weight is 321 g/mol. The van der Waals surface area contributed by atoms with Crippen molar-refractivity contribution in [2.45, 2.75) is 25.7 Å². The first-order valence-corrected chi connectivity index (χ1v) is 8.22. The van der Waals surface area contributed by atoms with Crippen molar-refractivity contribution >= 4 is 11.7 Å². The Kier molecular flexibility index (Phi) is 3.72. The molecule has 0 radical (unpaired) electrons. The molecule has 6 heteroatoms. The first-order chi connectivity index (χ1) is 11.7. The van der Waals surface area contributed by atoms with E-state index in [-0.39, 0.29) is 5.91 Å². The van der Waals surface area contributed by atoms with Crippen LogP contribution in [-0.4, -0.2) is 43.2 Å². The molecule has 3 aromatic heterocycles. The van der Waals surface area contributed by atoms with E-state index in [2.05, 4.69) is 27.1 Å². The number of hydrogen-bond acceptors (Lipinski definition) is 4. The minimum Gasteiger partial charge on any atom is -0.343 e. The lowest BCUT2D eigenvalue weighted by Crippen LogP contribution is -2.36. The van der Waals surface area contributed by atoms with Gasteiger partial charge in [0, 0.05) is 55.8 Å². The summed E-state index contributed by atoms with van der Waals surface area (Å²) in [5.74, 6) is 1.28. The summed E-state index contributed by atoms with van der Waals surface area (Å²) < 4.78 is 1.96. The molecule has 1 aliphatic heterocycles. The Balaban J connectivity index is 1.54. The van der Waals surface area contributed by atoms with E-state index in [4.69, 9.17) is 0 Å². The molecule has 4 heterocycles. The van der Waals surface area contributed by atoms with Crippen molar-refractivity contribution in [2.75, 3.05) is 13.1 Å². The molecule has 0 atom stereocenters. The van der Waals surface area contributed by atoms with Crippen LogP contribution in [0.5, 0.6) is 0 Å². The Hall–Kier alpha value is -2.76. The van der Waals surface area contributed by atoms with E-state index in [9.17, 15) is 4.79 Å². The van der Waals surface area contributed by atoms with Gasteiger partial charge in [-0.15, -0.1) is 0 Å². The van der Waals surface area contributed by atoms with Crippen LogP contribution in [0.15, 0.2) is 43.0 Å². The second kappa shape index (κ2) is 6.03. The maximum absolute atomic E-state index is 11.4. The molecule has 1 saturated heterocycles. The molecule has 0 bridgehead atoms. The van der Waals surface area contributed by atoms with Gasteiger partial charge in [0.1, 0.15) is 0 Å². The summed E-state index contributed by atoms with van der Waals surface area (Å²) in [5.41, 5.74) is 3.12. The number of carbonyl (C=O) groups is 1. The van der Waals surface area contributed by atoms with Gasteiger partial charge in [0.25, 0.3) is 0 Å². The van der Waals surface area contributed by atoms with Gasteiger partial charge in [0.15, 0.2) is 0 Å². The second-order valence-corrected chi connectivity index (χ2v) is 6.19. The molecule has 6 nitrogen and oxygen atoms in total. The fraction of sp³-hybridized carbons (Fsp3) is 0.333. The number of carbonyl (C=O) groups excluding carboxylic acids is 1. The molecule has 1 amide bonds. The lowest BCUT2D eigenvalue weighted by atomic mass is 9.92. The molecule has 0 aliphatic carbocycles. The fourth-order valence-electron chi connectivity index (χ4n) is 3.33. The third-order valence-corrected chi connectivity index (χ3v) is 4.73. The highest BCUT2D eigenvalue weighted by molar-refractivity contribution is 5.73. The first kappa shape index (κ1) is 14.8. The maximum Gasteiger partial charge on any atom is 0.234 e. The number of pyridine rings is 1. The van der Waals surface area contributed by atoms with E-state index >= 15 is 0 Å². The molecule has 1 fully saturated rings. The number of fused-ring (bicyclic) bond motifs is 1. The van der Waals surface area contributed by atoms with Gasteiger partial charge in [-0.25, -0.2) is 9.97 Å². The lowest BCUT2D eigenvalue weighted by Gasteiger charge is -2.31. The highest BCUT2D eigenvalue weighted by atomic mass is 16.2. The Morgan fingerprint density at radius 2 is 1.96 bits per heavy atom. The first-order valence-electron chi connectivity index (χ1n) is 8.22. The van der Waals surface area contributed by atoms with Crippen molar-refractivity contribution in [3.63, 3.8) is 0 Å². The van der Waals surface area contributed by atoms with Gasteiger partial charge in [0.2, 0.25) is 11.7 Å². The summed E-state index contributed by atoms with van der Waals surface area (Å²) in [6.45, 7) is 3.28. The summed E-state index contributed by atoms with van der Waals surface area (Å²) in [6.07, 6.45) is 9.38. The van der Waals surface area contributed by atoms with E-state index in [0.717, 1.165) is 42.9 Å². The number of hydrogen-bond donors (Lipinski definition) is 0. The molecule has 3 aromatic rings. The summed E-state index contributed by atoms with van der Waals surface area (Å²) in [4.78, 5) is 26.6. The van der Waals surface area contributed by atoms with E-state index in [1.165, 1.54) is 0 Å². The smallest absolute Gasteiger partial charge is 0.234 e. The van der Waals surface area contributed by atoms with Gasteiger partial charge in [-0.1, -0.05) is 0 Å². The standard InChI is InChI=1S/C18H19N5O/c1-13(24)22-9-5-14(6-10-22)16-4-3-15(11-20-16)17-12-21-18-19-7-2-8-23(17)18/h2-4,7-8,11-12,14H,5-6,9-10H2,1H3. The topological polar surface area (TPSA) is 63.4 Å². The van der Waals surface area contributed by atoms with E-state index in [1.54, 1.807) is 13.1 Å². The van der Waals surface area contributed by atoms with Crippen LogP contribution in [-0.2, 0) is 4.79 Å². The molecule has 24 heavy (non-hydrogen) atoms. The van der Waals surface area contributed by atoms with Crippen molar-refractivity contribution in [3.05, 3.63) is 48.7 Å². The number of imidazole rings is 1. The van der Waals surface area contributed by atoms with Gasteiger partial charge in [0.05, 0.1) is 11.9 Å². The van der Waals surface area contributed by atoms with Gasteiger partial charge < -0.3 is 4.90 Å². The second-order valence-electron chi connectivity index (χ2n) is 6.19. The van der Waals surface area contributed by atoms with Crippen LogP contribution >= 0.6 is 0 Å². The number of piperidine rings is 1. The summed E-state index contributed by atoms with van der Waals surface area (Å²) in [5, 5.41) is 0. The molecule has 0 saturated carbocycles. The normalized spacial score (nSPS) is 15.8. The highest BCUT2D eigenvalue weighted by Crippen LogP contribution is 2.28. The van der Waals surface area contributed by atoms with Crippen LogP contribution in [0.1, 0.15) is 31.4 Å². The molecular weight excluding hydrogens is 302 g/mol. The van der Waals surface area contributed by atoms with Gasteiger partial charge in [-0.05, 0) is 31.0 Å². The fourth-order valence-corrected chi connectivity index (χ4v) is 3.33. The van der Waals surface area contributed by atoms with Gasteiger partial charge >= 0.3 is 0 Å². The number of rotatable bonds is 2. The van der Waals surface area contributed by atoms with E-state index < -0.39 is 0 Å². The Labute approximate surface area is 140 Å². The zero-order valence-electron chi connectivity index (χ0n) is 13.6. The average Bonchev–Trinajstić information content (AvgIpc) is 3.06. The largest absolute Gasteiger partial charge is 0.343 e. The molecule has 0 aromatic carbocycles. The SMILES string of the molecule is CC(=O)N1CCC(c2ccc(-c3cnc4ncccn34)cn2)CC1. The Morgan fingerprint density at radius 1 is 1.12 bits per heavy atom. The van der Waals surface area contributed by atoms with Crippen LogP contribution in [0.2, 0.25) is 0 Å². The zero-order valence-corrected chi connectivity index (χ0v) is 13.6. The van der Waals surface area contributed by atoms with Crippen LogP contribution in [0.3, 0.4) is 0 Å². The molecule has 122 valence electrons. The van der Waals surface area contributed by atoms with Gasteiger partial charge in [-0.3, -0.25) is 14.2 Å². The van der Waals surface area contributed by atoms with Crippen LogP contribution < -0.4 is 0 Å². The number of amides is 1. The van der Waals surface area contributed by atoms with E-state index in [1.807, 2.05) is 34.0 Å². The molecule has 1 aliphatic rings. The number of nitrogens with zero attached hydrogens (tertiary/aromatic N) is 5. The van der Waals surface area contributed by atoms with Crippen LogP contribution in [0, 0.1) is 0 Å². The van der Waals surface area contributed by atoms with Gasteiger partial charge in [-0.2, -0.15) is 0 Å². The van der Waals surface area contributed by atoms with Crippen LogP contribution in [0.25, 0.3) is 17.0 Å². The third kappa shape index (κ3) is 2.64. The molecule has 4 rings (SSSR count). The zero-order chi connectivity index (χ0) is 16.5. The van der Waals surface area contributed by atoms with Crippen molar-refractivity contribution in [2.24, 2.45) is 0 Å². The molecule has 0 unspecified atom stereocenters. The predicted molar refractivity (Wildman–Crippen MR) is 90.4 cm³/mol. The molecular formula is C18H19N5O. The highest BCUT2D eigenvalue weighted by Gasteiger charge is 2.22. The summed E-state index contributed by atoms with van der Waals surface area (Å²) in [7, 11) is 0. The number of likely N-dealkylation sites (tertiary alicyclic amines) is 1.